The highest BCUT2D eigenvalue weighted by atomic mass is 16.5. The van der Waals surface area contributed by atoms with Crippen LogP contribution >= 0.6 is 0 Å². The van der Waals surface area contributed by atoms with Crippen LogP contribution in [0, 0.1) is 0 Å². The van der Waals surface area contributed by atoms with Crippen molar-refractivity contribution in [3.8, 4) is 11.5 Å². The topological polar surface area (TPSA) is 38.7 Å². The maximum Gasteiger partial charge on any atom is 0.130 e. The lowest BCUT2D eigenvalue weighted by Crippen LogP contribution is -2.06. The summed E-state index contributed by atoms with van der Waals surface area (Å²) in [7, 11) is 0. The van der Waals surface area contributed by atoms with Crippen molar-refractivity contribution in [2.45, 2.75) is 0 Å². The zero-order valence-corrected chi connectivity index (χ0v) is 7.77. The third-order valence-corrected chi connectivity index (χ3v) is 1.99. The first-order valence-corrected chi connectivity index (χ1v) is 4.58. The van der Waals surface area contributed by atoms with E-state index in [4.69, 9.17) is 14.6 Å². The van der Waals surface area contributed by atoms with Gasteiger partial charge in [-0.05, 0) is 24.3 Å². The number of aliphatic hydroxyl groups is 1. The Labute approximate surface area is 82.6 Å². The molecule has 0 amide bonds. The number of rotatable bonds is 3. The van der Waals surface area contributed by atoms with Crippen molar-refractivity contribution < 1.29 is 14.6 Å². The van der Waals surface area contributed by atoms with Gasteiger partial charge in [-0.3, -0.25) is 0 Å². The summed E-state index contributed by atoms with van der Waals surface area (Å²) in [5.74, 6) is 1.59. The minimum absolute atomic E-state index is 0.0221. The molecule has 3 nitrogen and oxygen atoms in total. The lowest BCUT2D eigenvalue weighted by atomic mass is 10.1. The van der Waals surface area contributed by atoms with Crippen LogP contribution in [0.3, 0.4) is 0 Å². The summed E-state index contributed by atoms with van der Waals surface area (Å²) >= 11 is 0. The van der Waals surface area contributed by atoms with E-state index in [-0.39, 0.29) is 6.61 Å². The molecule has 1 aliphatic heterocycles. The fourth-order valence-electron chi connectivity index (χ4n) is 1.40. The molecule has 74 valence electrons. The molecule has 1 heterocycles. The van der Waals surface area contributed by atoms with Crippen molar-refractivity contribution in [2.75, 3.05) is 19.8 Å². The maximum atomic E-state index is 8.66. The van der Waals surface area contributed by atoms with Gasteiger partial charge in [-0.1, -0.05) is 6.07 Å². The van der Waals surface area contributed by atoms with Crippen molar-refractivity contribution >= 4 is 6.08 Å². The van der Waals surface area contributed by atoms with E-state index < -0.39 is 0 Å². The van der Waals surface area contributed by atoms with Crippen molar-refractivity contribution in [1.82, 2.24) is 0 Å². The van der Waals surface area contributed by atoms with Gasteiger partial charge < -0.3 is 14.6 Å². The molecule has 1 N–H and O–H groups in total. The second-order valence-electron chi connectivity index (χ2n) is 2.95. The molecular formula is C11H12O3. The monoisotopic (exact) mass is 192 g/mol. The summed E-state index contributed by atoms with van der Waals surface area (Å²) in [6, 6.07) is 5.66. The lowest BCUT2D eigenvalue weighted by Gasteiger charge is -2.15. The SMILES string of the molecule is OCCOc1cccc2c1C=CCO2. The molecule has 2 rings (SSSR count). The molecule has 1 aromatic carbocycles. The van der Waals surface area contributed by atoms with Crippen LogP contribution in [0.5, 0.6) is 11.5 Å². The van der Waals surface area contributed by atoms with Crippen molar-refractivity contribution in [3.63, 3.8) is 0 Å². The summed E-state index contributed by atoms with van der Waals surface area (Å²) in [4.78, 5) is 0. The Bertz CT molecular complexity index is 344. The molecular weight excluding hydrogens is 180 g/mol. The first-order chi connectivity index (χ1) is 6.92. The Morgan fingerprint density at radius 3 is 3.21 bits per heavy atom. The van der Waals surface area contributed by atoms with Crippen molar-refractivity contribution in [1.29, 1.82) is 0 Å². The van der Waals surface area contributed by atoms with Crippen molar-refractivity contribution in [3.05, 3.63) is 29.8 Å². The van der Waals surface area contributed by atoms with E-state index in [2.05, 4.69) is 0 Å². The van der Waals surface area contributed by atoms with Gasteiger partial charge in [-0.15, -0.1) is 0 Å². The molecule has 0 atom stereocenters. The second kappa shape index (κ2) is 4.15. The predicted octanol–water partition coefficient (Wildman–Crippen LogP) is 1.46. The average molecular weight is 192 g/mol. The van der Waals surface area contributed by atoms with Gasteiger partial charge in [0.25, 0.3) is 0 Å². The number of hydrogen-bond acceptors (Lipinski definition) is 3. The van der Waals surface area contributed by atoms with Gasteiger partial charge >= 0.3 is 0 Å². The summed E-state index contributed by atoms with van der Waals surface area (Å²) in [5.41, 5.74) is 0.951. The fraction of sp³-hybridized carbons (Fsp3) is 0.273. The highest BCUT2D eigenvalue weighted by Crippen LogP contribution is 2.31. The Balaban J connectivity index is 2.28. The normalized spacial score (nSPS) is 13.2. The molecule has 14 heavy (non-hydrogen) atoms. The second-order valence-corrected chi connectivity index (χ2v) is 2.95. The smallest absolute Gasteiger partial charge is 0.130 e. The van der Waals surface area contributed by atoms with Crippen LogP contribution in [-0.2, 0) is 0 Å². The van der Waals surface area contributed by atoms with Crippen LogP contribution in [-0.4, -0.2) is 24.9 Å². The van der Waals surface area contributed by atoms with E-state index in [1.165, 1.54) is 0 Å². The van der Waals surface area contributed by atoms with Gasteiger partial charge in [-0.25, -0.2) is 0 Å². The Morgan fingerprint density at radius 2 is 2.36 bits per heavy atom. The highest BCUT2D eigenvalue weighted by molar-refractivity contribution is 5.65. The van der Waals surface area contributed by atoms with Gasteiger partial charge in [0.1, 0.15) is 24.7 Å². The van der Waals surface area contributed by atoms with Gasteiger partial charge in [0, 0.05) is 0 Å². The minimum atomic E-state index is 0.0221. The minimum Gasteiger partial charge on any atom is -0.490 e. The first-order valence-electron chi connectivity index (χ1n) is 4.58. The van der Waals surface area contributed by atoms with Crippen LogP contribution in [0.1, 0.15) is 5.56 Å². The molecule has 0 spiro atoms. The molecule has 0 saturated carbocycles. The fourth-order valence-corrected chi connectivity index (χ4v) is 1.40. The molecule has 1 aromatic rings. The van der Waals surface area contributed by atoms with E-state index >= 15 is 0 Å². The largest absolute Gasteiger partial charge is 0.490 e. The predicted molar refractivity (Wildman–Crippen MR) is 53.6 cm³/mol. The Morgan fingerprint density at radius 1 is 1.43 bits per heavy atom. The molecule has 0 aliphatic carbocycles. The van der Waals surface area contributed by atoms with Crippen LogP contribution in [0.2, 0.25) is 0 Å². The number of ether oxygens (including phenoxy) is 2. The van der Waals surface area contributed by atoms with Crippen LogP contribution in [0.4, 0.5) is 0 Å². The summed E-state index contributed by atoms with van der Waals surface area (Å²) in [6.07, 6.45) is 3.92. The van der Waals surface area contributed by atoms with Crippen LogP contribution in [0.25, 0.3) is 6.08 Å². The molecule has 0 bridgehead atoms. The van der Waals surface area contributed by atoms with Crippen LogP contribution < -0.4 is 9.47 Å². The van der Waals surface area contributed by atoms with Gasteiger partial charge in [0.15, 0.2) is 0 Å². The first kappa shape index (κ1) is 9.09. The zero-order chi connectivity index (χ0) is 9.80. The molecule has 3 heteroatoms. The van der Waals surface area contributed by atoms with E-state index in [0.29, 0.717) is 13.2 Å². The maximum absolute atomic E-state index is 8.66. The van der Waals surface area contributed by atoms with E-state index in [9.17, 15) is 0 Å². The third kappa shape index (κ3) is 1.72. The van der Waals surface area contributed by atoms with Crippen molar-refractivity contribution in [2.24, 2.45) is 0 Å². The molecule has 0 radical (unpaired) electrons. The molecule has 0 aromatic heterocycles. The summed E-state index contributed by atoms with van der Waals surface area (Å²) < 4.78 is 10.8. The highest BCUT2D eigenvalue weighted by Gasteiger charge is 2.10. The van der Waals surface area contributed by atoms with Gasteiger partial charge in [-0.2, -0.15) is 0 Å². The van der Waals surface area contributed by atoms with Crippen LogP contribution in [0.15, 0.2) is 24.3 Å². The molecule has 0 unspecified atom stereocenters. The van der Waals surface area contributed by atoms with Gasteiger partial charge in [0.05, 0.1) is 12.2 Å². The summed E-state index contributed by atoms with van der Waals surface area (Å²) in [5, 5.41) is 8.66. The Hall–Kier alpha value is -1.48. The standard InChI is InChI=1S/C11H12O3/c12-6-8-14-11-5-1-4-10-9(11)3-2-7-13-10/h1-5,12H,6-8H2. The third-order valence-electron chi connectivity index (χ3n) is 1.99. The van der Waals surface area contributed by atoms with E-state index in [1.54, 1.807) is 0 Å². The molecule has 0 saturated heterocycles. The zero-order valence-electron chi connectivity index (χ0n) is 7.77. The number of fused-ring (bicyclic) bond motifs is 1. The number of hydrogen-bond donors (Lipinski definition) is 1. The Kier molecular flexibility index (Phi) is 2.70. The average Bonchev–Trinajstić information content (AvgIpc) is 2.26. The van der Waals surface area contributed by atoms with Gasteiger partial charge in [0.2, 0.25) is 0 Å². The number of aliphatic hydroxyl groups excluding tert-OH is 1. The number of benzene rings is 1. The molecule has 0 fully saturated rings. The lowest BCUT2D eigenvalue weighted by molar-refractivity contribution is 0.200. The molecule has 1 aliphatic rings. The summed E-state index contributed by atoms with van der Waals surface area (Å²) in [6.45, 7) is 0.939. The van der Waals surface area contributed by atoms with E-state index in [0.717, 1.165) is 17.1 Å². The quantitative estimate of drug-likeness (QED) is 0.788. The van der Waals surface area contributed by atoms with E-state index in [1.807, 2.05) is 30.4 Å².